The van der Waals surface area contributed by atoms with Crippen LogP contribution in [0.4, 0.5) is 0 Å². The molecule has 144 valence electrons. The average molecular weight is 398 g/mol. The second kappa shape index (κ2) is 9.23. The second-order valence-electron chi connectivity index (χ2n) is 5.94. The van der Waals surface area contributed by atoms with E-state index in [-0.39, 0.29) is 17.2 Å². The number of halogens is 1. The van der Waals surface area contributed by atoms with Crippen molar-refractivity contribution in [3.05, 3.63) is 65.5 Å². The van der Waals surface area contributed by atoms with E-state index < -0.39 is 0 Å². The van der Waals surface area contributed by atoms with Gasteiger partial charge in [-0.25, -0.2) is 15.0 Å². The number of nitrogens with zero attached hydrogens (tertiary/aromatic N) is 4. The summed E-state index contributed by atoms with van der Waals surface area (Å²) >= 11 is 5.85. The number of carbonyl (C=O) groups excluding carboxylic acids is 1. The Morgan fingerprint density at radius 3 is 2.61 bits per heavy atom. The Balaban J connectivity index is 1.73. The van der Waals surface area contributed by atoms with Gasteiger partial charge >= 0.3 is 0 Å². The standard InChI is InChI=1S/C20H20ClN5O2/c1-3-15(16-9-10-23-20(21)26-16)25-19(27)14-7-5-13(6-8-14)17-11-22-12-18(24-17)28-4-2/h5-12,15H,3-4H2,1-2H3,(H,25,27). The lowest BCUT2D eigenvalue weighted by Crippen LogP contribution is -2.28. The molecule has 0 aliphatic rings. The molecule has 0 aliphatic carbocycles. The summed E-state index contributed by atoms with van der Waals surface area (Å²) in [5.41, 5.74) is 2.74. The van der Waals surface area contributed by atoms with Crippen LogP contribution in [0.25, 0.3) is 11.3 Å². The van der Waals surface area contributed by atoms with Crippen LogP contribution in [0.15, 0.2) is 48.9 Å². The monoisotopic (exact) mass is 397 g/mol. The van der Waals surface area contributed by atoms with E-state index in [1.165, 1.54) is 0 Å². The van der Waals surface area contributed by atoms with Gasteiger partial charge in [0.25, 0.3) is 5.91 Å². The van der Waals surface area contributed by atoms with Gasteiger partial charge in [-0.3, -0.25) is 9.78 Å². The molecule has 3 aromatic rings. The lowest BCUT2D eigenvalue weighted by atomic mass is 10.1. The van der Waals surface area contributed by atoms with Crippen LogP contribution in [0, 0.1) is 0 Å². The predicted octanol–water partition coefficient (Wildman–Crippen LogP) is 3.87. The molecule has 2 heterocycles. The SMILES string of the molecule is CCOc1cncc(-c2ccc(C(=O)NC(CC)c3ccnc(Cl)n3)cc2)n1. The smallest absolute Gasteiger partial charge is 0.251 e. The molecule has 0 radical (unpaired) electrons. The Hall–Kier alpha value is -3.06. The molecule has 1 unspecified atom stereocenters. The molecule has 0 bridgehead atoms. The number of hydrogen-bond acceptors (Lipinski definition) is 6. The summed E-state index contributed by atoms with van der Waals surface area (Å²) in [7, 11) is 0. The van der Waals surface area contributed by atoms with E-state index in [4.69, 9.17) is 16.3 Å². The lowest BCUT2D eigenvalue weighted by molar-refractivity contribution is 0.0934. The summed E-state index contributed by atoms with van der Waals surface area (Å²) in [6.45, 7) is 4.38. The quantitative estimate of drug-likeness (QED) is 0.609. The fourth-order valence-corrected chi connectivity index (χ4v) is 2.82. The molecule has 1 aromatic carbocycles. The van der Waals surface area contributed by atoms with E-state index in [2.05, 4.69) is 25.3 Å². The molecule has 1 N–H and O–H groups in total. The minimum absolute atomic E-state index is 0.157. The molecule has 1 amide bonds. The Bertz CT molecular complexity index is 949. The third kappa shape index (κ3) is 4.80. The van der Waals surface area contributed by atoms with Crippen molar-refractivity contribution in [2.45, 2.75) is 26.3 Å². The first kappa shape index (κ1) is 19.7. The summed E-state index contributed by atoms with van der Waals surface area (Å²) in [4.78, 5) is 29.2. The van der Waals surface area contributed by atoms with Gasteiger partial charge in [0.15, 0.2) is 0 Å². The fourth-order valence-electron chi connectivity index (χ4n) is 2.67. The molecular weight excluding hydrogens is 378 g/mol. The van der Waals surface area contributed by atoms with Crippen molar-refractivity contribution in [3.63, 3.8) is 0 Å². The van der Waals surface area contributed by atoms with E-state index >= 15 is 0 Å². The van der Waals surface area contributed by atoms with Gasteiger partial charge in [0.05, 0.1) is 36.4 Å². The molecule has 28 heavy (non-hydrogen) atoms. The summed E-state index contributed by atoms with van der Waals surface area (Å²) < 4.78 is 5.38. The van der Waals surface area contributed by atoms with Crippen molar-refractivity contribution < 1.29 is 9.53 Å². The Morgan fingerprint density at radius 2 is 1.93 bits per heavy atom. The van der Waals surface area contributed by atoms with Crippen LogP contribution >= 0.6 is 11.6 Å². The summed E-state index contributed by atoms with van der Waals surface area (Å²) in [6, 6.07) is 8.65. The zero-order valence-corrected chi connectivity index (χ0v) is 16.3. The Labute approximate surface area is 168 Å². The number of rotatable bonds is 7. The van der Waals surface area contributed by atoms with Crippen molar-refractivity contribution in [1.29, 1.82) is 0 Å². The maximum Gasteiger partial charge on any atom is 0.251 e. The molecule has 1 atom stereocenters. The van der Waals surface area contributed by atoms with E-state index in [1.807, 2.05) is 26.0 Å². The van der Waals surface area contributed by atoms with Crippen LogP contribution in [0.2, 0.25) is 5.28 Å². The van der Waals surface area contributed by atoms with Gasteiger partial charge in [-0.2, -0.15) is 0 Å². The van der Waals surface area contributed by atoms with Crippen LogP contribution in [-0.2, 0) is 0 Å². The minimum atomic E-state index is -0.249. The molecule has 0 fully saturated rings. The highest BCUT2D eigenvalue weighted by Crippen LogP contribution is 2.20. The first-order valence-electron chi connectivity index (χ1n) is 8.95. The van der Waals surface area contributed by atoms with Crippen LogP contribution in [0.5, 0.6) is 5.88 Å². The largest absolute Gasteiger partial charge is 0.477 e. The molecule has 0 aliphatic heterocycles. The molecule has 0 saturated heterocycles. The highest BCUT2D eigenvalue weighted by Gasteiger charge is 2.16. The van der Waals surface area contributed by atoms with Crippen molar-refractivity contribution in [2.75, 3.05) is 6.61 Å². The Morgan fingerprint density at radius 1 is 1.14 bits per heavy atom. The molecule has 0 spiro atoms. The van der Waals surface area contributed by atoms with Crippen molar-refractivity contribution >= 4 is 17.5 Å². The second-order valence-corrected chi connectivity index (χ2v) is 6.28. The van der Waals surface area contributed by atoms with Gasteiger partial charge in [0, 0.05) is 17.3 Å². The van der Waals surface area contributed by atoms with E-state index in [0.29, 0.717) is 35.9 Å². The maximum absolute atomic E-state index is 12.6. The number of amides is 1. The zero-order chi connectivity index (χ0) is 19.9. The number of ether oxygens (including phenoxy) is 1. The summed E-state index contributed by atoms with van der Waals surface area (Å²) in [5, 5.41) is 3.13. The first-order valence-corrected chi connectivity index (χ1v) is 9.33. The maximum atomic E-state index is 12.6. The number of carbonyl (C=O) groups is 1. The van der Waals surface area contributed by atoms with Crippen LogP contribution in [-0.4, -0.2) is 32.4 Å². The van der Waals surface area contributed by atoms with Gasteiger partial charge in [-0.05, 0) is 43.1 Å². The van der Waals surface area contributed by atoms with E-state index in [1.54, 1.807) is 36.8 Å². The van der Waals surface area contributed by atoms with Gasteiger partial charge < -0.3 is 10.1 Å². The van der Waals surface area contributed by atoms with Crippen LogP contribution in [0.3, 0.4) is 0 Å². The average Bonchev–Trinajstić information content (AvgIpc) is 2.72. The summed E-state index contributed by atoms with van der Waals surface area (Å²) in [6.07, 6.45) is 5.48. The molecule has 0 saturated carbocycles. The first-order chi connectivity index (χ1) is 13.6. The fraction of sp³-hybridized carbons (Fsp3) is 0.250. The van der Waals surface area contributed by atoms with Crippen molar-refractivity contribution in [3.8, 4) is 17.1 Å². The van der Waals surface area contributed by atoms with E-state index in [9.17, 15) is 4.79 Å². The number of benzene rings is 1. The van der Waals surface area contributed by atoms with Gasteiger partial charge in [-0.15, -0.1) is 0 Å². The molecule has 8 heteroatoms. The molecule has 7 nitrogen and oxygen atoms in total. The van der Waals surface area contributed by atoms with Gasteiger partial charge in [0.2, 0.25) is 11.2 Å². The highest BCUT2D eigenvalue weighted by atomic mass is 35.5. The number of hydrogen-bond donors (Lipinski definition) is 1. The lowest BCUT2D eigenvalue weighted by Gasteiger charge is -2.16. The van der Waals surface area contributed by atoms with Crippen LogP contribution in [0.1, 0.15) is 42.4 Å². The van der Waals surface area contributed by atoms with Crippen LogP contribution < -0.4 is 10.1 Å². The zero-order valence-electron chi connectivity index (χ0n) is 15.6. The van der Waals surface area contributed by atoms with Crippen molar-refractivity contribution in [1.82, 2.24) is 25.3 Å². The number of aromatic nitrogens is 4. The predicted molar refractivity (Wildman–Crippen MR) is 106 cm³/mol. The van der Waals surface area contributed by atoms with E-state index in [0.717, 1.165) is 5.56 Å². The summed E-state index contributed by atoms with van der Waals surface area (Å²) in [5.74, 6) is 0.276. The van der Waals surface area contributed by atoms with Crippen molar-refractivity contribution in [2.24, 2.45) is 0 Å². The third-order valence-corrected chi connectivity index (χ3v) is 4.25. The number of nitrogens with one attached hydrogen (secondary N) is 1. The highest BCUT2D eigenvalue weighted by molar-refractivity contribution is 6.28. The third-order valence-electron chi connectivity index (χ3n) is 4.07. The Kier molecular flexibility index (Phi) is 6.49. The van der Waals surface area contributed by atoms with Gasteiger partial charge in [-0.1, -0.05) is 19.1 Å². The van der Waals surface area contributed by atoms with Gasteiger partial charge in [0.1, 0.15) is 0 Å². The topological polar surface area (TPSA) is 89.9 Å². The normalized spacial score (nSPS) is 11.7. The molecular formula is C20H20ClN5O2. The minimum Gasteiger partial charge on any atom is -0.477 e. The molecule has 2 aromatic heterocycles. The molecule has 3 rings (SSSR count).